The SMILES string of the molecule is O=C(CN1CCN(CC(=O)NC(=O)NC2CC2)CC1)NCc1ccccc1. The number of rotatable bonds is 7. The van der Waals surface area contributed by atoms with Crippen LogP contribution >= 0.6 is 0 Å². The summed E-state index contributed by atoms with van der Waals surface area (Å²) >= 11 is 0. The van der Waals surface area contributed by atoms with E-state index in [0.29, 0.717) is 26.2 Å². The molecule has 0 aromatic heterocycles. The van der Waals surface area contributed by atoms with Crippen LogP contribution in [0.2, 0.25) is 0 Å². The van der Waals surface area contributed by atoms with Gasteiger partial charge in [-0.3, -0.25) is 24.7 Å². The van der Waals surface area contributed by atoms with Crippen LogP contribution in [0.15, 0.2) is 30.3 Å². The van der Waals surface area contributed by atoms with Gasteiger partial charge >= 0.3 is 6.03 Å². The van der Waals surface area contributed by atoms with Crippen molar-refractivity contribution in [2.24, 2.45) is 0 Å². The van der Waals surface area contributed by atoms with Crippen LogP contribution in [0.3, 0.4) is 0 Å². The van der Waals surface area contributed by atoms with Crippen molar-refractivity contribution in [3.05, 3.63) is 35.9 Å². The zero-order chi connectivity index (χ0) is 19.1. The van der Waals surface area contributed by atoms with E-state index < -0.39 is 6.03 Å². The number of amides is 4. The maximum Gasteiger partial charge on any atom is 0.321 e. The van der Waals surface area contributed by atoms with E-state index in [0.717, 1.165) is 31.5 Å². The Morgan fingerprint density at radius 3 is 2.07 bits per heavy atom. The number of nitrogens with zero attached hydrogens (tertiary/aromatic N) is 2. The highest BCUT2D eigenvalue weighted by molar-refractivity contribution is 5.95. The van der Waals surface area contributed by atoms with Gasteiger partial charge in [0.1, 0.15) is 0 Å². The zero-order valence-corrected chi connectivity index (χ0v) is 15.4. The summed E-state index contributed by atoms with van der Waals surface area (Å²) in [5.74, 6) is -0.288. The summed E-state index contributed by atoms with van der Waals surface area (Å²) in [5.41, 5.74) is 1.08. The number of imide groups is 1. The Labute approximate surface area is 159 Å². The average Bonchev–Trinajstić information content (AvgIpc) is 3.46. The monoisotopic (exact) mass is 373 g/mol. The summed E-state index contributed by atoms with van der Waals surface area (Å²) in [6.07, 6.45) is 1.98. The second-order valence-corrected chi connectivity index (χ2v) is 7.11. The summed E-state index contributed by atoms with van der Waals surface area (Å²) in [6, 6.07) is 9.64. The molecule has 8 nitrogen and oxygen atoms in total. The Morgan fingerprint density at radius 1 is 0.889 bits per heavy atom. The Bertz CT molecular complexity index is 655. The Morgan fingerprint density at radius 2 is 1.48 bits per heavy atom. The molecule has 1 aromatic rings. The van der Waals surface area contributed by atoms with Crippen LogP contribution in [0.4, 0.5) is 4.79 Å². The second kappa shape index (κ2) is 9.48. The van der Waals surface area contributed by atoms with Gasteiger partial charge in [-0.05, 0) is 18.4 Å². The van der Waals surface area contributed by atoms with Crippen LogP contribution in [0.25, 0.3) is 0 Å². The van der Waals surface area contributed by atoms with Gasteiger partial charge in [-0.15, -0.1) is 0 Å². The molecule has 0 atom stereocenters. The topological polar surface area (TPSA) is 93.8 Å². The van der Waals surface area contributed by atoms with E-state index in [-0.39, 0.29) is 24.4 Å². The Kier molecular flexibility index (Phi) is 6.78. The smallest absolute Gasteiger partial charge is 0.321 e. The van der Waals surface area contributed by atoms with Crippen LogP contribution in [0.5, 0.6) is 0 Å². The lowest BCUT2D eigenvalue weighted by atomic mass is 10.2. The molecule has 4 amide bonds. The van der Waals surface area contributed by atoms with E-state index in [2.05, 4.69) is 20.9 Å². The molecular formula is C19H27N5O3. The Balaban J connectivity index is 1.29. The molecule has 0 bridgehead atoms. The first-order valence-electron chi connectivity index (χ1n) is 9.44. The van der Waals surface area contributed by atoms with Crippen LogP contribution in [-0.2, 0) is 16.1 Å². The van der Waals surface area contributed by atoms with Gasteiger partial charge in [-0.1, -0.05) is 30.3 Å². The lowest BCUT2D eigenvalue weighted by Gasteiger charge is -2.33. The zero-order valence-electron chi connectivity index (χ0n) is 15.4. The van der Waals surface area contributed by atoms with E-state index in [4.69, 9.17) is 0 Å². The number of hydrogen-bond acceptors (Lipinski definition) is 5. The van der Waals surface area contributed by atoms with Crippen LogP contribution in [-0.4, -0.2) is 73.0 Å². The van der Waals surface area contributed by atoms with Gasteiger partial charge in [0.25, 0.3) is 0 Å². The predicted molar refractivity (Wildman–Crippen MR) is 101 cm³/mol. The first-order valence-corrected chi connectivity index (χ1v) is 9.44. The number of hydrogen-bond donors (Lipinski definition) is 3. The average molecular weight is 373 g/mol. The quantitative estimate of drug-likeness (QED) is 0.621. The number of nitrogens with one attached hydrogen (secondary N) is 3. The number of carbonyl (C=O) groups excluding carboxylic acids is 3. The molecule has 3 N–H and O–H groups in total. The second-order valence-electron chi connectivity index (χ2n) is 7.11. The minimum Gasteiger partial charge on any atom is -0.351 e. The molecule has 1 aliphatic heterocycles. The van der Waals surface area contributed by atoms with Gasteiger partial charge in [0, 0.05) is 38.8 Å². The van der Waals surface area contributed by atoms with Gasteiger partial charge < -0.3 is 10.6 Å². The van der Waals surface area contributed by atoms with Crippen molar-refractivity contribution in [2.75, 3.05) is 39.3 Å². The number of benzene rings is 1. The molecule has 8 heteroatoms. The third kappa shape index (κ3) is 6.99. The predicted octanol–water partition coefficient (Wildman–Crippen LogP) is -0.0914. The first-order chi connectivity index (χ1) is 13.1. The van der Waals surface area contributed by atoms with Crippen molar-refractivity contribution in [3.63, 3.8) is 0 Å². The summed E-state index contributed by atoms with van der Waals surface area (Å²) in [5, 5.41) is 8.03. The largest absolute Gasteiger partial charge is 0.351 e. The van der Waals surface area contributed by atoms with Gasteiger partial charge in [-0.25, -0.2) is 4.79 Å². The maximum atomic E-state index is 12.1. The molecule has 3 rings (SSSR count). The highest BCUT2D eigenvalue weighted by Crippen LogP contribution is 2.18. The van der Waals surface area contributed by atoms with Gasteiger partial charge in [-0.2, -0.15) is 0 Å². The molecule has 1 saturated heterocycles. The molecule has 1 saturated carbocycles. The van der Waals surface area contributed by atoms with Gasteiger partial charge in [0.2, 0.25) is 11.8 Å². The van der Waals surface area contributed by atoms with Crippen LogP contribution in [0, 0.1) is 0 Å². The fourth-order valence-corrected chi connectivity index (χ4v) is 2.98. The van der Waals surface area contributed by atoms with Gasteiger partial charge in [0.15, 0.2) is 0 Å². The fraction of sp³-hybridized carbons (Fsp3) is 0.526. The molecule has 1 aliphatic carbocycles. The van der Waals surface area contributed by atoms with E-state index in [1.54, 1.807) is 0 Å². The first kappa shape index (κ1) is 19.3. The standard InChI is InChI=1S/C19H27N5O3/c25-17(20-12-15-4-2-1-3-5-15)13-23-8-10-24(11-9-23)14-18(26)22-19(27)21-16-6-7-16/h1-5,16H,6-14H2,(H,20,25)(H2,21,22,26,27). The molecule has 146 valence electrons. The lowest BCUT2D eigenvalue weighted by molar-refractivity contribution is -0.124. The van der Waals surface area contributed by atoms with Gasteiger partial charge in [0.05, 0.1) is 13.1 Å². The van der Waals surface area contributed by atoms with Crippen LogP contribution < -0.4 is 16.0 Å². The third-order valence-electron chi connectivity index (χ3n) is 4.70. The lowest BCUT2D eigenvalue weighted by Crippen LogP contribution is -2.52. The molecule has 1 aromatic carbocycles. The number of urea groups is 1. The Hall–Kier alpha value is -2.45. The van der Waals surface area contributed by atoms with Crippen molar-refractivity contribution in [1.29, 1.82) is 0 Å². The van der Waals surface area contributed by atoms with Crippen molar-refractivity contribution in [2.45, 2.75) is 25.4 Å². The molecule has 27 heavy (non-hydrogen) atoms. The summed E-state index contributed by atoms with van der Waals surface area (Å²) < 4.78 is 0. The van der Waals surface area contributed by atoms with E-state index in [1.165, 1.54) is 0 Å². The van der Waals surface area contributed by atoms with Crippen molar-refractivity contribution in [1.82, 2.24) is 25.8 Å². The number of piperazine rings is 1. The summed E-state index contributed by atoms with van der Waals surface area (Å²) in [7, 11) is 0. The minimum absolute atomic E-state index is 0.00166. The molecule has 1 heterocycles. The molecule has 2 fully saturated rings. The molecule has 0 radical (unpaired) electrons. The molecule has 0 spiro atoms. The molecular weight excluding hydrogens is 346 g/mol. The highest BCUT2D eigenvalue weighted by atomic mass is 16.2. The molecule has 2 aliphatic rings. The van der Waals surface area contributed by atoms with Crippen molar-refractivity contribution < 1.29 is 14.4 Å². The highest BCUT2D eigenvalue weighted by Gasteiger charge is 2.25. The minimum atomic E-state index is -0.406. The normalized spacial score (nSPS) is 17.9. The van der Waals surface area contributed by atoms with E-state index in [1.807, 2.05) is 35.2 Å². The van der Waals surface area contributed by atoms with Crippen LogP contribution in [0.1, 0.15) is 18.4 Å². The maximum absolute atomic E-state index is 12.1. The summed E-state index contributed by atoms with van der Waals surface area (Å²) in [6.45, 7) is 3.93. The third-order valence-corrected chi connectivity index (χ3v) is 4.70. The van der Waals surface area contributed by atoms with Crippen molar-refractivity contribution in [3.8, 4) is 0 Å². The fourth-order valence-electron chi connectivity index (χ4n) is 2.98. The van der Waals surface area contributed by atoms with E-state index in [9.17, 15) is 14.4 Å². The summed E-state index contributed by atoms with van der Waals surface area (Å²) in [4.78, 5) is 39.6. The van der Waals surface area contributed by atoms with E-state index >= 15 is 0 Å². The molecule has 0 unspecified atom stereocenters. The number of carbonyl (C=O) groups is 3. The van der Waals surface area contributed by atoms with Crippen molar-refractivity contribution >= 4 is 17.8 Å².